The SMILES string of the molecule is COc1cccc(Nc2nc(N3CCCCC3)nc3c2cnn3-c2ccccc2)c1. The molecule has 1 saturated heterocycles. The number of benzene rings is 2. The molecule has 0 saturated carbocycles. The molecule has 2 aromatic heterocycles. The number of rotatable bonds is 5. The van der Waals surface area contributed by atoms with Gasteiger partial charge >= 0.3 is 0 Å². The van der Waals surface area contributed by atoms with Gasteiger partial charge in [0.25, 0.3) is 0 Å². The zero-order valence-electron chi connectivity index (χ0n) is 17.0. The van der Waals surface area contributed by atoms with Crippen molar-refractivity contribution in [2.24, 2.45) is 0 Å². The van der Waals surface area contributed by atoms with Gasteiger partial charge in [-0.15, -0.1) is 0 Å². The maximum absolute atomic E-state index is 5.36. The highest BCUT2D eigenvalue weighted by Crippen LogP contribution is 2.29. The summed E-state index contributed by atoms with van der Waals surface area (Å²) in [6.45, 7) is 1.95. The Bertz CT molecular complexity index is 1150. The Kier molecular flexibility index (Phi) is 4.93. The number of hydrogen-bond acceptors (Lipinski definition) is 6. The highest BCUT2D eigenvalue weighted by molar-refractivity contribution is 5.90. The molecule has 30 heavy (non-hydrogen) atoms. The van der Waals surface area contributed by atoms with Crippen LogP contribution in [0.25, 0.3) is 16.7 Å². The molecule has 1 aliphatic rings. The molecule has 0 atom stereocenters. The standard InChI is InChI=1S/C23H24N6O/c1-30-19-12-8-9-17(15-19)25-21-20-16-24-29(18-10-4-2-5-11-18)22(20)27-23(26-21)28-13-6-3-7-14-28/h2,4-5,8-12,15-16H,3,6-7,13-14H2,1H3,(H,25,26,27). The predicted octanol–water partition coefficient (Wildman–Crippen LogP) is 4.56. The summed E-state index contributed by atoms with van der Waals surface area (Å²) in [5, 5.41) is 8.95. The summed E-state index contributed by atoms with van der Waals surface area (Å²) in [4.78, 5) is 12.1. The number of methoxy groups -OCH3 is 1. The van der Waals surface area contributed by atoms with E-state index in [2.05, 4.69) is 15.3 Å². The number of nitrogens with zero attached hydrogens (tertiary/aromatic N) is 5. The van der Waals surface area contributed by atoms with Crippen molar-refractivity contribution in [1.29, 1.82) is 0 Å². The maximum atomic E-state index is 5.36. The Morgan fingerprint density at radius 1 is 0.933 bits per heavy atom. The second-order valence-corrected chi connectivity index (χ2v) is 7.41. The van der Waals surface area contributed by atoms with E-state index in [1.54, 1.807) is 7.11 Å². The van der Waals surface area contributed by atoms with Gasteiger partial charge in [0.1, 0.15) is 11.6 Å². The molecular formula is C23H24N6O. The van der Waals surface area contributed by atoms with Crippen LogP contribution in [0.2, 0.25) is 0 Å². The van der Waals surface area contributed by atoms with Crippen molar-refractivity contribution in [2.75, 3.05) is 30.4 Å². The van der Waals surface area contributed by atoms with Crippen LogP contribution in [-0.2, 0) is 0 Å². The summed E-state index contributed by atoms with van der Waals surface area (Å²) in [5.41, 5.74) is 2.68. The molecule has 1 fully saturated rings. The lowest BCUT2D eigenvalue weighted by atomic mass is 10.1. The Hall–Kier alpha value is -3.61. The molecule has 7 heteroatoms. The monoisotopic (exact) mass is 400 g/mol. The van der Waals surface area contributed by atoms with E-state index in [-0.39, 0.29) is 0 Å². The number of hydrogen-bond donors (Lipinski definition) is 1. The van der Waals surface area contributed by atoms with Gasteiger partial charge in [-0.2, -0.15) is 15.1 Å². The van der Waals surface area contributed by atoms with Crippen LogP contribution in [0.5, 0.6) is 5.75 Å². The van der Waals surface area contributed by atoms with Crippen molar-refractivity contribution < 1.29 is 4.74 Å². The molecule has 0 radical (unpaired) electrons. The molecule has 0 bridgehead atoms. The van der Waals surface area contributed by atoms with E-state index in [9.17, 15) is 0 Å². The molecule has 3 heterocycles. The molecule has 152 valence electrons. The van der Waals surface area contributed by atoms with Crippen LogP contribution in [0.1, 0.15) is 19.3 Å². The van der Waals surface area contributed by atoms with Crippen molar-refractivity contribution in [3.63, 3.8) is 0 Å². The minimum atomic E-state index is 0.741. The Morgan fingerprint density at radius 2 is 1.77 bits per heavy atom. The molecule has 7 nitrogen and oxygen atoms in total. The highest BCUT2D eigenvalue weighted by Gasteiger charge is 2.19. The first kappa shape index (κ1) is 18.4. The molecule has 0 unspecified atom stereocenters. The number of nitrogens with one attached hydrogen (secondary N) is 1. The highest BCUT2D eigenvalue weighted by atomic mass is 16.5. The first-order valence-electron chi connectivity index (χ1n) is 10.3. The van der Waals surface area contributed by atoms with Crippen LogP contribution in [-0.4, -0.2) is 39.9 Å². The van der Waals surface area contributed by atoms with E-state index >= 15 is 0 Å². The third-order valence-corrected chi connectivity index (χ3v) is 5.39. The first-order chi connectivity index (χ1) is 14.8. The third-order valence-electron chi connectivity index (χ3n) is 5.39. The lowest BCUT2D eigenvalue weighted by Gasteiger charge is -2.27. The van der Waals surface area contributed by atoms with Crippen molar-refractivity contribution >= 4 is 28.5 Å². The van der Waals surface area contributed by atoms with Gasteiger partial charge in [0, 0.05) is 24.8 Å². The van der Waals surface area contributed by atoms with Gasteiger partial charge in [-0.3, -0.25) is 0 Å². The molecule has 0 spiro atoms. The van der Waals surface area contributed by atoms with Crippen LogP contribution in [0.15, 0.2) is 60.8 Å². The summed E-state index contributed by atoms with van der Waals surface area (Å²) < 4.78 is 7.24. The minimum absolute atomic E-state index is 0.741. The van der Waals surface area contributed by atoms with E-state index in [1.165, 1.54) is 6.42 Å². The molecule has 5 rings (SSSR count). The van der Waals surface area contributed by atoms with Gasteiger partial charge in [0.2, 0.25) is 5.95 Å². The number of para-hydroxylation sites is 1. The lowest BCUT2D eigenvalue weighted by Crippen LogP contribution is -2.31. The fourth-order valence-electron chi connectivity index (χ4n) is 3.82. The van der Waals surface area contributed by atoms with Gasteiger partial charge in [-0.05, 0) is 43.5 Å². The maximum Gasteiger partial charge on any atom is 0.229 e. The van der Waals surface area contributed by atoms with Gasteiger partial charge in [-0.25, -0.2) is 4.68 Å². The first-order valence-corrected chi connectivity index (χ1v) is 10.3. The Morgan fingerprint density at radius 3 is 2.57 bits per heavy atom. The largest absolute Gasteiger partial charge is 0.497 e. The van der Waals surface area contributed by atoms with Gasteiger partial charge in [0.15, 0.2) is 5.65 Å². The lowest BCUT2D eigenvalue weighted by molar-refractivity contribution is 0.415. The Labute approximate surface area is 175 Å². The summed E-state index contributed by atoms with van der Waals surface area (Å²) in [6, 6.07) is 17.9. The van der Waals surface area contributed by atoms with E-state index in [0.717, 1.165) is 65.9 Å². The molecule has 0 amide bonds. The van der Waals surface area contributed by atoms with E-state index in [0.29, 0.717) is 0 Å². The topological polar surface area (TPSA) is 68.1 Å². The van der Waals surface area contributed by atoms with Crippen molar-refractivity contribution in [3.05, 3.63) is 60.8 Å². The fourth-order valence-corrected chi connectivity index (χ4v) is 3.82. The normalized spacial score (nSPS) is 14.1. The zero-order valence-corrected chi connectivity index (χ0v) is 17.0. The van der Waals surface area contributed by atoms with E-state index in [1.807, 2.05) is 65.5 Å². The summed E-state index contributed by atoms with van der Waals surface area (Å²) in [7, 11) is 1.67. The van der Waals surface area contributed by atoms with Crippen LogP contribution in [0, 0.1) is 0 Å². The third kappa shape index (κ3) is 3.54. The van der Waals surface area contributed by atoms with Crippen LogP contribution in [0.4, 0.5) is 17.5 Å². The summed E-state index contributed by atoms with van der Waals surface area (Å²) >= 11 is 0. The molecule has 1 aliphatic heterocycles. The van der Waals surface area contributed by atoms with E-state index < -0.39 is 0 Å². The Balaban J connectivity index is 1.63. The summed E-state index contributed by atoms with van der Waals surface area (Å²) in [6.07, 6.45) is 5.41. The van der Waals surface area contributed by atoms with Crippen LogP contribution in [0.3, 0.4) is 0 Å². The zero-order chi connectivity index (χ0) is 20.3. The number of fused-ring (bicyclic) bond motifs is 1. The minimum Gasteiger partial charge on any atom is -0.497 e. The smallest absolute Gasteiger partial charge is 0.229 e. The fraction of sp³-hybridized carbons (Fsp3) is 0.261. The molecule has 0 aliphatic carbocycles. The average molecular weight is 400 g/mol. The van der Waals surface area contributed by atoms with E-state index in [4.69, 9.17) is 14.7 Å². The van der Waals surface area contributed by atoms with Gasteiger partial charge in [-0.1, -0.05) is 24.3 Å². The van der Waals surface area contributed by atoms with Gasteiger partial charge < -0.3 is 15.0 Å². The van der Waals surface area contributed by atoms with Gasteiger partial charge in [0.05, 0.1) is 24.4 Å². The number of aromatic nitrogens is 4. The van der Waals surface area contributed by atoms with Crippen LogP contribution < -0.4 is 15.0 Å². The molecule has 4 aromatic rings. The van der Waals surface area contributed by atoms with Crippen LogP contribution >= 0.6 is 0 Å². The van der Waals surface area contributed by atoms with Crippen molar-refractivity contribution in [2.45, 2.75) is 19.3 Å². The second-order valence-electron chi connectivity index (χ2n) is 7.41. The second kappa shape index (κ2) is 8.02. The number of piperidine rings is 1. The predicted molar refractivity (Wildman–Crippen MR) is 119 cm³/mol. The average Bonchev–Trinajstić information content (AvgIpc) is 3.25. The number of ether oxygens (including phenoxy) is 1. The molecular weight excluding hydrogens is 376 g/mol. The summed E-state index contributed by atoms with van der Waals surface area (Å²) in [5.74, 6) is 2.28. The molecule has 1 N–H and O–H groups in total. The van der Waals surface area contributed by atoms with Crippen molar-refractivity contribution in [3.8, 4) is 11.4 Å². The van der Waals surface area contributed by atoms with Crippen molar-refractivity contribution in [1.82, 2.24) is 19.7 Å². The molecule has 2 aromatic carbocycles. The quantitative estimate of drug-likeness (QED) is 0.530. The number of anilines is 3.